The van der Waals surface area contributed by atoms with Gasteiger partial charge in [0.25, 0.3) is 0 Å². The van der Waals surface area contributed by atoms with E-state index in [0.29, 0.717) is 0 Å². The average Bonchev–Trinajstić information content (AvgIpc) is 3.04. The Morgan fingerprint density at radius 3 is 3.11 bits per heavy atom. The molecular weight excluding hydrogens is 238 g/mol. The van der Waals surface area contributed by atoms with Gasteiger partial charge in [0, 0.05) is 37.8 Å². The molecule has 1 aliphatic rings. The van der Waals surface area contributed by atoms with Crippen LogP contribution in [0.5, 0.6) is 5.75 Å². The van der Waals surface area contributed by atoms with Crippen molar-refractivity contribution in [1.29, 1.82) is 0 Å². The van der Waals surface area contributed by atoms with E-state index in [1.165, 1.54) is 11.1 Å². The number of aromatic nitrogens is 2. The molecule has 4 nitrogen and oxygen atoms in total. The number of para-hydroxylation sites is 1. The van der Waals surface area contributed by atoms with Gasteiger partial charge in [0.15, 0.2) is 0 Å². The number of ether oxygens (including phenoxy) is 1. The number of benzene rings is 1. The minimum Gasteiger partial charge on any atom is -0.488 e. The zero-order valence-electron chi connectivity index (χ0n) is 11.2. The Morgan fingerprint density at radius 1 is 1.42 bits per heavy atom. The first-order chi connectivity index (χ1) is 9.35. The first kappa shape index (κ1) is 12.2. The van der Waals surface area contributed by atoms with Crippen LogP contribution in [0.1, 0.15) is 18.1 Å². The van der Waals surface area contributed by atoms with E-state index in [2.05, 4.69) is 35.7 Å². The second-order valence-electron chi connectivity index (χ2n) is 4.89. The van der Waals surface area contributed by atoms with Crippen LogP contribution in [0.25, 0.3) is 0 Å². The molecule has 1 aromatic carbocycles. The lowest BCUT2D eigenvalue weighted by Gasteiger charge is -2.11. The molecule has 4 heteroatoms. The Morgan fingerprint density at radius 2 is 2.32 bits per heavy atom. The van der Waals surface area contributed by atoms with Crippen LogP contribution in [0, 0.1) is 0 Å². The van der Waals surface area contributed by atoms with Crippen molar-refractivity contribution in [2.45, 2.75) is 32.5 Å². The molecule has 0 bridgehead atoms. The molecule has 19 heavy (non-hydrogen) atoms. The molecule has 3 rings (SSSR count). The summed E-state index contributed by atoms with van der Waals surface area (Å²) >= 11 is 0. The Labute approximate surface area is 113 Å². The molecule has 2 heterocycles. The fraction of sp³-hybridized carbons (Fsp3) is 0.400. The minimum atomic E-state index is 0.249. The standard InChI is InChI=1S/C15H19N3O/c1-2-18-11-12(9-17-18)8-16-10-14-7-13-5-3-4-6-15(13)19-14/h3-6,9,11,14,16H,2,7-8,10H2,1H3. The molecule has 1 unspecified atom stereocenters. The van der Waals surface area contributed by atoms with Gasteiger partial charge in [0.05, 0.1) is 6.20 Å². The number of aryl methyl sites for hydroxylation is 1. The molecule has 1 aliphatic heterocycles. The highest BCUT2D eigenvalue weighted by Gasteiger charge is 2.21. The highest BCUT2D eigenvalue weighted by Crippen LogP contribution is 2.27. The van der Waals surface area contributed by atoms with Crippen molar-refractivity contribution in [3.63, 3.8) is 0 Å². The van der Waals surface area contributed by atoms with Gasteiger partial charge in [0.2, 0.25) is 0 Å². The zero-order valence-corrected chi connectivity index (χ0v) is 11.2. The number of nitrogens with zero attached hydrogens (tertiary/aromatic N) is 2. The summed E-state index contributed by atoms with van der Waals surface area (Å²) < 4.78 is 7.83. The van der Waals surface area contributed by atoms with Crippen LogP contribution in [0.15, 0.2) is 36.7 Å². The zero-order chi connectivity index (χ0) is 13.1. The third-order valence-corrected chi connectivity index (χ3v) is 3.43. The van der Waals surface area contributed by atoms with Crippen LogP contribution >= 0.6 is 0 Å². The summed E-state index contributed by atoms with van der Waals surface area (Å²) in [5.41, 5.74) is 2.53. The smallest absolute Gasteiger partial charge is 0.123 e. The van der Waals surface area contributed by atoms with E-state index in [1.807, 2.05) is 23.0 Å². The second kappa shape index (κ2) is 5.45. The molecule has 1 aromatic heterocycles. The predicted molar refractivity (Wildman–Crippen MR) is 74.2 cm³/mol. The number of fused-ring (bicyclic) bond motifs is 1. The maximum absolute atomic E-state index is 5.89. The third-order valence-electron chi connectivity index (χ3n) is 3.43. The quantitative estimate of drug-likeness (QED) is 0.890. The van der Waals surface area contributed by atoms with Crippen LogP contribution in [0.4, 0.5) is 0 Å². The largest absolute Gasteiger partial charge is 0.488 e. The lowest BCUT2D eigenvalue weighted by molar-refractivity contribution is 0.227. The van der Waals surface area contributed by atoms with Crippen molar-refractivity contribution in [3.8, 4) is 5.75 Å². The lowest BCUT2D eigenvalue weighted by atomic mass is 10.1. The Balaban J connectivity index is 1.47. The van der Waals surface area contributed by atoms with Crippen LogP contribution < -0.4 is 10.1 Å². The Hall–Kier alpha value is -1.81. The highest BCUT2D eigenvalue weighted by molar-refractivity contribution is 5.37. The van der Waals surface area contributed by atoms with E-state index in [-0.39, 0.29) is 6.10 Å². The Bertz CT molecular complexity index is 525. The van der Waals surface area contributed by atoms with Gasteiger partial charge in [-0.1, -0.05) is 18.2 Å². The lowest BCUT2D eigenvalue weighted by Crippen LogP contribution is -2.29. The van der Waals surface area contributed by atoms with Gasteiger partial charge in [-0.25, -0.2) is 0 Å². The summed E-state index contributed by atoms with van der Waals surface area (Å²) in [6.45, 7) is 4.72. The van der Waals surface area contributed by atoms with Gasteiger partial charge in [-0.15, -0.1) is 0 Å². The third kappa shape index (κ3) is 2.79. The van der Waals surface area contributed by atoms with Crippen molar-refractivity contribution in [2.75, 3.05) is 6.54 Å². The molecule has 0 saturated heterocycles. The summed E-state index contributed by atoms with van der Waals surface area (Å²) in [6, 6.07) is 8.27. The van der Waals surface area contributed by atoms with Crippen molar-refractivity contribution >= 4 is 0 Å². The van der Waals surface area contributed by atoms with E-state index >= 15 is 0 Å². The monoisotopic (exact) mass is 257 g/mol. The first-order valence-corrected chi connectivity index (χ1v) is 6.81. The number of nitrogens with one attached hydrogen (secondary N) is 1. The topological polar surface area (TPSA) is 39.1 Å². The molecule has 0 saturated carbocycles. The van der Waals surface area contributed by atoms with Gasteiger partial charge in [-0.2, -0.15) is 5.10 Å². The van der Waals surface area contributed by atoms with Crippen LogP contribution in [-0.2, 0) is 19.5 Å². The molecule has 1 N–H and O–H groups in total. The number of hydrogen-bond donors (Lipinski definition) is 1. The second-order valence-corrected chi connectivity index (χ2v) is 4.89. The normalized spacial score (nSPS) is 17.2. The van der Waals surface area contributed by atoms with Crippen molar-refractivity contribution in [3.05, 3.63) is 47.8 Å². The minimum absolute atomic E-state index is 0.249. The first-order valence-electron chi connectivity index (χ1n) is 6.81. The molecule has 0 spiro atoms. The van der Waals surface area contributed by atoms with Crippen LogP contribution in [0.2, 0.25) is 0 Å². The molecule has 0 fully saturated rings. The van der Waals surface area contributed by atoms with Crippen molar-refractivity contribution < 1.29 is 4.74 Å². The fourth-order valence-electron chi connectivity index (χ4n) is 2.42. The average molecular weight is 257 g/mol. The SMILES string of the molecule is CCn1cc(CNCC2Cc3ccccc3O2)cn1. The predicted octanol–water partition coefficient (Wildman–Crippen LogP) is 2.00. The van der Waals surface area contributed by atoms with Crippen LogP contribution in [-0.4, -0.2) is 22.4 Å². The summed E-state index contributed by atoms with van der Waals surface area (Å²) in [4.78, 5) is 0. The van der Waals surface area contributed by atoms with E-state index < -0.39 is 0 Å². The molecule has 0 aliphatic carbocycles. The molecule has 2 aromatic rings. The van der Waals surface area contributed by atoms with Crippen molar-refractivity contribution in [2.24, 2.45) is 0 Å². The molecule has 0 radical (unpaired) electrons. The summed E-state index contributed by atoms with van der Waals surface area (Å²) in [6.07, 6.45) is 5.24. The molecular formula is C15H19N3O. The maximum atomic E-state index is 5.89. The molecule has 100 valence electrons. The van der Waals surface area contributed by atoms with Gasteiger partial charge in [-0.05, 0) is 18.6 Å². The Kier molecular flexibility index (Phi) is 3.51. The highest BCUT2D eigenvalue weighted by atomic mass is 16.5. The number of rotatable bonds is 5. The van der Waals surface area contributed by atoms with Gasteiger partial charge in [0.1, 0.15) is 11.9 Å². The summed E-state index contributed by atoms with van der Waals surface area (Å²) in [5.74, 6) is 1.04. The molecule has 0 amide bonds. The summed E-state index contributed by atoms with van der Waals surface area (Å²) in [5, 5.41) is 7.70. The van der Waals surface area contributed by atoms with Gasteiger partial charge >= 0.3 is 0 Å². The van der Waals surface area contributed by atoms with E-state index in [1.54, 1.807) is 0 Å². The summed E-state index contributed by atoms with van der Waals surface area (Å²) in [7, 11) is 0. The van der Waals surface area contributed by atoms with E-state index in [0.717, 1.165) is 31.8 Å². The number of hydrogen-bond acceptors (Lipinski definition) is 3. The van der Waals surface area contributed by atoms with Crippen LogP contribution in [0.3, 0.4) is 0 Å². The van der Waals surface area contributed by atoms with Gasteiger partial charge in [-0.3, -0.25) is 4.68 Å². The van der Waals surface area contributed by atoms with Crippen molar-refractivity contribution in [1.82, 2.24) is 15.1 Å². The maximum Gasteiger partial charge on any atom is 0.123 e. The van der Waals surface area contributed by atoms with Gasteiger partial charge < -0.3 is 10.1 Å². The van der Waals surface area contributed by atoms with E-state index in [9.17, 15) is 0 Å². The van der Waals surface area contributed by atoms with E-state index in [4.69, 9.17) is 4.74 Å². The fourth-order valence-corrected chi connectivity index (χ4v) is 2.42. The molecule has 1 atom stereocenters.